The Hall–Kier alpha value is -1.27. The van der Waals surface area contributed by atoms with Gasteiger partial charge in [-0.2, -0.15) is 5.10 Å². The zero-order valence-corrected chi connectivity index (χ0v) is 20.8. The molecule has 1 aliphatic heterocycles. The number of thiazole rings is 1. The quantitative estimate of drug-likeness (QED) is 0.308. The Balaban J connectivity index is 0.00000300. The smallest absolute Gasteiger partial charge is 0.191 e. The van der Waals surface area contributed by atoms with Crippen LogP contribution < -0.4 is 10.6 Å². The maximum atomic E-state index is 5.14. The summed E-state index contributed by atoms with van der Waals surface area (Å²) in [5.74, 6) is 3.13. The zero-order chi connectivity index (χ0) is 19.9. The number of aliphatic imine (C=N–C) groups is 1. The lowest BCUT2D eigenvalue weighted by atomic mass is 10.1. The first-order chi connectivity index (χ1) is 13.6. The lowest BCUT2D eigenvalue weighted by molar-refractivity contribution is 0.177. The lowest BCUT2D eigenvalue weighted by Crippen LogP contribution is -2.47. The van der Waals surface area contributed by atoms with E-state index in [4.69, 9.17) is 14.7 Å². The molecule has 162 valence electrons. The van der Waals surface area contributed by atoms with Gasteiger partial charge in [0.15, 0.2) is 11.8 Å². The molecule has 2 aromatic rings. The molecule has 0 saturated heterocycles. The van der Waals surface area contributed by atoms with Crippen LogP contribution in [0.4, 0.5) is 0 Å². The van der Waals surface area contributed by atoms with E-state index in [0.717, 1.165) is 62.2 Å². The monoisotopic (exact) mass is 533 g/mol. The minimum Gasteiger partial charge on any atom is -0.377 e. The molecule has 0 radical (unpaired) electrons. The van der Waals surface area contributed by atoms with Gasteiger partial charge in [-0.1, -0.05) is 13.8 Å². The van der Waals surface area contributed by atoms with Gasteiger partial charge in [0.25, 0.3) is 0 Å². The van der Waals surface area contributed by atoms with E-state index in [2.05, 4.69) is 46.9 Å². The number of rotatable bonds is 8. The molecule has 2 aromatic heterocycles. The number of hydrogen-bond donors (Lipinski definition) is 2. The standard InChI is InChI=1S/C19H31N7OS.HI/c1-5-20-19(21-9-8-15-12-28-18(22-15)13(2)3)23-14-6-7-17-24-16(11-27-4)25-26(17)10-14;/h12-14H,5-11H2,1-4H3,(H2,20,21,23);1H. The summed E-state index contributed by atoms with van der Waals surface area (Å²) in [6, 6.07) is 0.286. The number of guanidine groups is 1. The fraction of sp³-hybridized carbons (Fsp3) is 0.684. The first-order valence-electron chi connectivity index (χ1n) is 9.99. The van der Waals surface area contributed by atoms with Gasteiger partial charge in [0, 0.05) is 50.4 Å². The highest BCUT2D eigenvalue weighted by atomic mass is 127. The van der Waals surface area contributed by atoms with E-state index >= 15 is 0 Å². The van der Waals surface area contributed by atoms with Crippen LogP contribution in [-0.4, -0.2) is 51.9 Å². The summed E-state index contributed by atoms with van der Waals surface area (Å²) in [4.78, 5) is 14.0. The summed E-state index contributed by atoms with van der Waals surface area (Å²) in [7, 11) is 1.67. The van der Waals surface area contributed by atoms with E-state index in [0.29, 0.717) is 12.5 Å². The van der Waals surface area contributed by atoms with Crippen molar-refractivity contribution < 1.29 is 4.74 Å². The van der Waals surface area contributed by atoms with Crippen LogP contribution in [0, 0.1) is 0 Å². The molecular weight excluding hydrogens is 501 g/mol. The highest BCUT2D eigenvalue weighted by molar-refractivity contribution is 14.0. The van der Waals surface area contributed by atoms with Crippen molar-refractivity contribution in [1.29, 1.82) is 0 Å². The molecule has 1 atom stereocenters. The highest BCUT2D eigenvalue weighted by Gasteiger charge is 2.22. The van der Waals surface area contributed by atoms with Crippen LogP contribution >= 0.6 is 35.3 Å². The Labute approximate surface area is 194 Å². The van der Waals surface area contributed by atoms with Crippen LogP contribution in [0.25, 0.3) is 0 Å². The summed E-state index contributed by atoms with van der Waals surface area (Å²) < 4.78 is 7.12. The fourth-order valence-electron chi connectivity index (χ4n) is 3.17. The Morgan fingerprint density at radius 3 is 2.93 bits per heavy atom. The van der Waals surface area contributed by atoms with E-state index < -0.39 is 0 Å². The number of aryl methyl sites for hydroxylation is 1. The molecule has 1 aliphatic rings. The Morgan fingerprint density at radius 2 is 2.24 bits per heavy atom. The molecule has 8 nitrogen and oxygen atoms in total. The fourth-order valence-corrected chi connectivity index (χ4v) is 4.04. The van der Waals surface area contributed by atoms with Crippen LogP contribution in [0.1, 0.15) is 55.5 Å². The van der Waals surface area contributed by atoms with E-state index in [1.165, 1.54) is 5.01 Å². The predicted octanol–water partition coefficient (Wildman–Crippen LogP) is 2.74. The molecule has 3 rings (SSSR count). The molecule has 0 saturated carbocycles. The van der Waals surface area contributed by atoms with Crippen LogP contribution in [0.3, 0.4) is 0 Å². The van der Waals surface area contributed by atoms with Crippen LogP contribution in [-0.2, 0) is 30.7 Å². The van der Waals surface area contributed by atoms with Crippen LogP contribution in [0.5, 0.6) is 0 Å². The third kappa shape index (κ3) is 6.88. The van der Waals surface area contributed by atoms with E-state index in [-0.39, 0.29) is 30.0 Å². The number of aromatic nitrogens is 4. The topological polar surface area (TPSA) is 89.2 Å². The maximum absolute atomic E-state index is 5.14. The van der Waals surface area contributed by atoms with Gasteiger partial charge in [-0.25, -0.2) is 14.6 Å². The van der Waals surface area contributed by atoms with Crippen LogP contribution in [0.15, 0.2) is 10.4 Å². The van der Waals surface area contributed by atoms with Crippen molar-refractivity contribution in [3.05, 3.63) is 27.7 Å². The zero-order valence-electron chi connectivity index (χ0n) is 17.6. The molecule has 0 fully saturated rings. The van der Waals surface area contributed by atoms with Gasteiger partial charge in [0.05, 0.1) is 17.2 Å². The van der Waals surface area contributed by atoms with Gasteiger partial charge in [0.2, 0.25) is 0 Å². The van der Waals surface area contributed by atoms with Crippen molar-refractivity contribution in [2.75, 3.05) is 20.2 Å². The largest absolute Gasteiger partial charge is 0.377 e. The van der Waals surface area contributed by atoms with Crippen LogP contribution in [0.2, 0.25) is 0 Å². The molecule has 0 bridgehead atoms. The molecule has 2 N–H and O–H groups in total. The normalized spacial score (nSPS) is 16.4. The summed E-state index contributed by atoms with van der Waals surface area (Å²) in [5.41, 5.74) is 1.13. The predicted molar refractivity (Wildman–Crippen MR) is 127 cm³/mol. The average Bonchev–Trinajstić information content (AvgIpc) is 3.28. The molecule has 10 heteroatoms. The first kappa shape index (κ1) is 24.0. The van der Waals surface area contributed by atoms with Gasteiger partial charge in [0.1, 0.15) is 12.4 Å². The SMILES string of the molecule is CCNC(=NCCc1csc(C(C)C)n1)NC1CCc2nc(COC)nn2C1.I. The maximum Gasteiger partial charge on any atom is 0.191 e. The molecule has 0 spiro atoms. The first-order valence-corrected chi connectivity index (χ1v) is 10.9. The number of methoxy groups -OCH3 is 1. The van der Waals surface area contributed by atoms with Crippen molar-refractivity contribution in [3.8, 4) is 0 Å². The third-order valence-electron chi connectivity index (χ3n) is 4.56. The lowest BCUT2D eigenvalue weighted by Gasteiger charge is -2.25. The van der Waals surface area contributed by atoms with Gasteiger partial charge in [-0.15, -0.1) is 35.3 Å². The summed E-state index contributed by atoms with van der Waals surface area (Å²) >= 11 is 1.74. The summed E-state index contributed by atoms with van der Waals surface area (Å²) in [6.07, 6.45) is 2.78. The van der Waals surface area contributed by atoms with E-state index in [9.17, 15) is 0 Å². The molecule has 29 heavy (non-hydrogen) atoms. The number of halogens is 1. The number of fused-ring (bicyclic) bond motifs is 1. The second kappa shape index (κ2) is 11.8. The molecular formula is C19H32IN7OS. The van der Waals surface area contributed by atoms with E-state index in [1.54, 1.807) is 18.4 Å². The van der Waals surface area contributed by atoms with Crippen molar-refractivity contribution in [2.24, 2.45) is 4.99 Å². The molecule has 0 aromatic carbocycles. The second-order valence-electron chi connectivity index (χ2n) is 7.28. The van der Waals surface area contributed by atoms with Crippen molar-refractivity contribution in [3.63, 3.8) is 0 Å². The van der Waals surface area contributed by atoms with Gasteiger partial charge in [-0.05, 0) is 13.3 Å². The average molecular weight is 533 g/mol. The summed E-state index contributed by atoms with van der Waals surface area (Å²) in [5, 5.41) is 14.8. The number of nitrogens with zero attached hydrogens (tertiary/aromatic N) is 5. The minimum atomic E-state index is 0. The second-order valence-corrected chi connectivity index (χ2v) is 8.17. The van der Waals surface area contributed by atoms with Gasteiger partial charge >= 0.3 is 0 Å². The minimum absolute atomic E-state index is 0. The number of ether oxygens (including phenoxy) is 1. The highest BCUT2D eigenvalue weighted by Crippen LogP contribution is 2.19. The van der Waals surface area contributed by atoms with Gasteiger partial charge in [-0.3, -0.25) is 4.99 Å². The van der Waals surface area contributed by atoms with Crippen molar-refractivity contribution >= 4 is 41.3 Å². The molecule has 0 amide bonds. The Morgan fingerprint density at radius 1 is 1.41 bits per heavy atom. The molecule has 0 aliphatic carbocycles. The number of hydrogen-bond acceptors (Lipinski definition) is 6. The number of nitrogens with one attached hydrogen (secondary N) is 2. The molecule has 1 unspecified atom stereocenters. The van der Waals surface area contributed by atoms with Gasteiger partial charge < -0.3 is 15.4 Å². The van der Waals surface area contributed by atoms with E-state index in [1.807, 2.05) is 4.68 Å². The third-order valence-corrected chi connectivity index (χ3v) is 5.76. The van der Waals surface area contributed by atoms with Crippen molar-refractivity contribution in [2.45, 2.75) is 65.1 Å². The summed E-state index contributed by atoms with van der Waals surface area (Å²) in [6.45, 7) is 9.24. The molecule has 3 heterocycles. The Bertz CT molecular complexity index is 789. The Kier molecular flexibility index (Phi) is 9.76. The van der Waals surface area contributed by atoms with Crippen molar-refractivity contribution in [1.82, 2.24) is 30.4 Å².